The molecular formula is C12H15FN2O5S. The lowest BCUT2D eigenvalue weighted by molar-refractivity contribution is -0.387. The molecule has 1 aliphatic rings. The summed E-state index contributed by atoms with van der Waals surface area (Å²) in [5.74, 6) is -1.22. The number of nitro benzene ring substituents is 1. The van der Waals surface area contributed by atoms with Gasteiger partial charge in [0, 0.05) is 18.2 Å². The highest BCUT2D eigenvalue weighted by Gasteiger charge is 2.29. The maximum absolute atomic E-state index is 13.5. The van der Waals surface area contributed by atoms with Gasteiger partial charge < -0.3 is 5.11 Å². The Morgan fingerprint density at radius 1 is 1.33 bits per heavy atom. The van der Waals surface area contributed by atoms with Crippen molar-refractivity contribution in [1.29, 1.82) is 0 Å². The molecule has 1 aromatic carbocycles. The average molecular weight is 318 g/mol. The van der Waals surface area contributed by atoms with Gasteiger partial charge in [0.15, 0.2) is 0 Å². The maximum Gasteiger partial charge on any atom is 0.304 e. The SMILES string of the molecule is O=[N+]([O-])c1ccc(S(=O)(=O)NC2CCCCC2O)cc1F. The molecular weight excluding hydrogens is 303 g/mol. The molecule has 0 bridgehead atoms. The standard InChI is InChI=1S/C12H15FN2O5S/c13-9-7-8(5-6-11(9)15(17)18)21(19,20)14-10-3-1-2-4-12(10)16/h5-7,10,12,14,16H,1-4H2. The average Bonchev–Trinajstić information content (AvgIpc) is 2.40. The van der Waals surface area contributed by atoms with Crippen LogP contribution in [0.25, 0.3) is 0 Å². The number of nitrogens with one attached hydrogen (secondary N) is 1. The summed E-state index contributed by atoms with van der Waals surface area (Å²) >= 11 is 0. The van der Waals surface area contributed by atoms with Gasteiger partial charge >= 0.3 is 5.69 Å². The zero-order chi connectivity index (χ0) is 15.6. The van der Waals surface area contributed by atoms with Crippen LogP contribution in [0.5, 0.6) is 0 Å². The minimum atomic E-state index is -4.03. The van der Waals surface area contributed by atoms with E-state index in [4.69, 9.17) is 0 Å². The molecule has 0 aliphatic heterocycles. The number of hydrogen-bond donors (Lipinski definition) is 2. The van der Waals surface area contributed by atoms with Gasteiger partial charge in [-0.05, 0) is 18.9 Å². The Bertz CT molecular complexity index is 649. The summed E-state index contributed by atoms with van der Waals surface area (Å²) in [6.07, 6.45) is 1.83. The van der Waals surface area contributed by atoms with Gasteiger partial charge in [-0.2, -0.15) is 4.39 Å². The Hall–Kier alpha value is -1.58. The van der Waals surface area contributed by atoms with Crippen molar-refractivity contribution in [3.8, 4) is 0 Å². The normalized spacial score (nSPS) is 23.0. The molecule has 2 unspecified atom stereocenters. The quantitative estimate of drug-likeness (QED) is 0.642. The highest BCUT2D eigenvalue weighted by molar-refractivity contribution is 7.89. The topological polar surface area (TPSA) is 110 Å². The smallest absolute Gasteiger partial charge is 0.304 e. The van der Waals surface area contributed by atoms with Crippen molar-refractivity contribution in [2.24, 2.45) is 0 Å². The second-order valence-corrected chi connectivity index (χ2v) is 6.66. The van der Waals surface area contributed by atoms with Crippen molar-refractivity contribution in [2.45, 2.75) is 42.7 Å². The van der Waals surface area contributed by atoms with Crippen molar-refractivity contribution >= 4 is 15.7 Å². The minimum Gasteiger partial charge on any atom is -0.391 e. The molecule has 9 heteroatoms. The molecule has 1 saturated carbocycles. The molecule has 0 aromatic heterocycles. The summed E-state index contributed by atoms with van der Waals surface area (Å²) in [7, 11) is -4.03. The zero-order valence-electron chi connectivity index (χ0n) is 11.0. The minimum absolute atomic E-state index is 0.400. The molecule has 0 saturated heterocycles. The number of rotatable bonds is 4. The number of halogens is 1. The third kappa shape index (κ3) is 3.55. The van der Waals surface area contributed by atoms with Crippen molar-refractivity contribution in [3.63, 3.8) is 0 Å². The Morgan fingerprint density at radius 3 is 2.57 bits per heavy atom. The summed E-state index contributed by atoms with van der Waals surface area (Å²) in [5, 5.41) is 20.3. The molecule has 2 atom stereocenters. The van der Waals surface area contributed by atoms with Gasteiger partial charge in [-0.1, -0.05) is 12.8 Å². The van der Waals surface area contributed by atoms with E-state index >= 15 is 0 Å². The molecule has 0 amide bonds. The fourth-order valence-electron chi connectivity index (χ4n) is 2.32. The summed E-state index contributed by atoms with van der Waals surface area (Å²) in [5.41, 5.74) is -0.786. The molecule has 2 rings (SSSR count). The molecule has 0 heterocycles. The Balaban J connectivity index is 2.23. The third-order valence-electron chi connectivity index (χ3n) is 3.46. The van der Waals surface area contributed by atoms with Crippen LogP contribution in [-0.4, -0.2) is 30.6 Å². The first-order valence-corrected chi connectivity index (χ1v) is 7.94. The van der Waals surface area contributed by atoms with E-state index < -0.39 is 43.5 Å². The monoisotopic (exact) mass is 318 g/mol. The molecule has 0 spiro atoms. The van der Waals surface area contributed by atoms with E-state index in [9.17, 15) is 28.0 Å². The predicted octanol–water partition coefficient (Wildman–Crippen LogP) is 1.32. The van der Waals surface area contributed by atoms with Crippen LogP contribution >= 0.6 is 0 Å². The van der Waals surface area contributed by atoms with E-state index in [2.05, 4.69) is 4.72 Å². The highest BCUT2D eigenvalue weighted by Crippen LogP contribution is 2.23. The van der Waals surface area contributed by atoms with Gasteiger partial charge in [0.2, 0.25) is 15.8 Å². The molecule has 2 N–H and O–H groups in total. The summed E-state index contributed by atoms with van der Waals surface area (Å²) in [6, 6.07) is 1.76. The van der Waals surface area contributed by atoms with Gasteiger partial charge in [-0.15, -0.1) is 0 Å². The molecule has 0 radical (unpaired) electrons. The van der Waals surface area contributed by atoms with E-state index in [1.54, 1.807) is 0 Å². The van der Waals surface area contributed by atoms with Crippen LogP contribution in [0.1, 0.15) is 25.7 Å². The fraction of sp³-hybridized carbons (Fsp3) is 0.500. The zero-order valence-corrected chi connectivity index (χ0v) is 11.8. The van der Waals surface area contributed by atoms with Crippen LogP contribution in [0.15, 0.2) is 23.1 Å². The van der Waals surface area contributed by atoms with E-state index in [0.29, 0.717) is 18.9 Å². The van der Waals surface area contributed by atoms with Gasteiger partial charge in [-0.3, -0.25) is 10.1 Å². The number of benzene rings is 1. The molecule has 7 nitrogen and oxygen atoms in total. The van der Waals surface area contributed by atoms with Crippen LogP contribution in [0.2, 0.25) is 0 Å². The van der Waals surface area contributed by atoms with Crippen LogP contribution < -0.4 is 4.72 Å². The first-order chi connectivity index (χ1) is 9.81. The largest absolute Gasteiger partial charge is 0.391 e. The first-order valence-electron chi connectivity index (χ1n) is 6.45. The Kier molecular flexibility index (Phi) is 4.55. The maximum atomic E-state index is 13.5. The molecule has 1 fully saturated rings. The lowest BCUT2D eigenvalue weighted by Crippen LogP contribution is -2.44. The summed E-state index contributed by atoms with van der Waals surface area (Å²) in [6.45, 7) is 0. The van der Waals surface area contributed by atoms with E-state index in [1.165, 1.54) is 0 Å². The lowest BCUT2D eigenvalue weighted by atomic mass is 9.93. The fourth-order valence-corrected chi connectivity index (χ4v) is 3.63. The second kappa shape index (κ2) is 6.04. The van der Waals surface area contributed by atoms with Crippen LogP contribution in [0.3, 0.4) is 0 Å². The van der Waals surface area contributed by atoms with Gasteiger partial charge in [0.25, 0.3) is 0 Å². The molecule has 1 aliphatic carbocycles. The van der Waals surface area contributed by atoms with E-state index in [0.717, 1.165) is 25.0 Å². The number of hydrogen-bond acceptors (Lipinski definition) is 5. The van der Waals surface area contributed by atoms with Gasteiger partial charge in [0.05, 0.1) is 15.9 Å². The van der Waals surface area contributed by atoms with Crippen LogP contribution in [-0.2, 0) is 10.0 Å². The summed E-state index contributed by atoms with van der Waals surface area (Å²) < 4.78 is 40.1. The summed E-state index contributed by atoms with van der Waals surface area (Å²) in [4.78, 5) is 9.18. The van der Waals surface area contributed by atoms with Crippen molar-refractivity contribution in [1.82, 2.24) is 4.72 Å². The third-order valence-corrected chi connectivity index (χ3v) is 4.95. The van der Waals surface area contributed by atoms with Gasteiger partial charge in [-0.25, -0.2) is 13.1 Å². The van der Waals surface area contributed by atoms with Crippen molar-refractivity contribution in [3.05, 3.63) is 34.1 Å². The lowest BCUT2D eigenvalue weighted by Gasteiger charge is -2.28. The second-order valence-electron chi connectivity index (χ2n) is 4.95. The highest BCUT2D eigenvalue weighted by atomic mass is 32.2. The molecule has 116 valence electrons. The Labute approximate surface area is 121 Å². The number of nitrogens with zero attached hydrogens (tertiary/aromatic N) is 1. The number of sulfonamides is 1. The van der Waals surface area contributed by atoms with Gasteiger partial charge in [0.1, 0.15) is 0 Å². The van der Waals surface area contributed by atoms with E-state index in [1.807, 2.05) is 0 Å². The predicted molar refractivity (Wildman–Crippen MR) is 71.6 cm³/mol. The first kappa shape index (κ1) is 15.8. The number of aliphatic hydroxyl groups excluding tert-OH is 1. The molecule has 21 heavy (non-hydrogen) atoms. The Morgan fingerprint density at radius 2 is 2.00 bits per heavy atom. The van der Waals surface area contributed by atoms with E-state index in [-0.39, 0.29) is 0 Å². The van der Waals surface area contributed by atoms with Crippen molar-refractivity contribution in [2.75, 3.05) is 0 Å². The molecule has 1 aromatic rings. The number of aliphatic hydroxyl groups is 1. The van der Waals surface area contributed by atoms with Crippen LogP contribution in [0, 0.1) is 15.9 Å². The number of nitro groups is 1. The van der Waals surface area contributed by atoms with Crippen molar-refractivity contribution < 1.29 is 22.8 Å². The van der Waals surface area contributed by atoms with Crippen LogP contribution in [0.4, 0.5) is 10.1 Å².